The fraction of sp³-hybridized carbons (Fsp3) is 0.417. The number of hydrogen-bond acceptors (Lipinski definition) is 8. The average Bonchev–Trinajstić information content (AvgIpc) is 3.46. The van der Waals surface area contributed by atoms with E-state index in [-0.39, 0.29) is 33.9 Å². The maximum atomic E-state index is 12.9. The Balaban J connectivity index is 1.42. The topological polar surface area (TPSA) is 87.7 Å². The second kappa shape index (κ2) is 10.2. The van der Waals surface area contributed by atoms with E-state index >= 15 is 0 Å². The Labute approximate surface area is 237 Å². The van der Waals surface area contributed by atoms with Crippen LogP contribution in [0.25, 0.3) is 10.6 Å². The van der Waals surface area contributed by atoms with Crippen LogP contribution < -0.4 is 10.2 Å². The highest BCUT2D eigenvalue weighted by Gasteiger charge is 2.44. The van der Waals surface area contributed by atoms with E-state index in [1.807, 2.05) is 37.1 Å². The summed E-state index contributed by atoms with van der Waals surface area (Å²) in [5.74, 6) is -0.390. The summed E-state index contributed by atoms with van der Waals surface area (Å²) in [5, 5.41) is 7.05. The third kappa shape index (κ3) is 5.68. The van der Waals surface area contributed by atoms with Gasteiger partial charge in [-0.1, -0.05) is 46.1 Å². The molecule has 3 aliphatic rings. The number of carbonyl (C=O) groups excluding carboxylic acids is 2. The molecule has 3 fully saturated rings. The van der Waals surface area contributed by atoms with Gasteiger partial charge in [-0.2, -0.15) is 0 Å². The number of nitrogens with one attached hydrogen (secondary N) is 1. The largest absolute Gasteiger partial charge is 0.444 e. The van der Waals surface area contributed by atoms with Gasteiger partial charge in [0.05, 0.1) is 26.5 Å². The number of nitrogens with zero attached hydrogens (tertiary/aromatic N) is 4. The van der Waals surface area contributed by atoms with Crippen molar-refractivity contribution >= 4 is 79.6 Å². The number of ether oxygens (including phenoxy) is 1. The van der Waals surface area contributed by atoms with Crippen LogP contribution in [0.2, 0.25) is 15.2 Å². The fourth-order valence-corrected chi connectivity index (χ4v) is 6.95. The highest BCUT2D eigenvalue weighted by atomic mass is 35.5. The van der Waals surface area contributed by atoms with Crippen molar-refractivity contribution in [1.29, 1.82) is 0 Å². The van der Waals surface area contributed by atoms with E-state index in [2.05, 4.69) is 15.2 Å². The predicted octanol–water partition coefficient (Wildman–Crippen LogP) is 7.07. The molecule has 2 atom stereocenters. The molecule has 6 heterocycles. The van der Waals surface area contributed by atoms with Gasteiger partial charge in [-0.05, 0) is 45.7 Å². The first-order valence-electron chi connectivity index (χ1n) is 11.6. The van der Waals surface area contributed by atoms with Crippen molar-refractivity contribution in [2.45, 2.75) is 51.3 Å². The zero-order chi connectivity index (χ0) is 26.5. The molecule has 8 nitrogen and oxygen atoms in total. The zero-order valence-electron chi connectivity index (χ0n) is 20.3. The average molecular weight is 601 g/mol. The van der Waals surface area contributed by atoms with Gasteiger partial charge < -0.3 is 14.5 Å². The number of aromatic nitrogens is 2. The van der Waals surface area contributed by atoms with Crippen LogP contribution in [-0.2, 0) is 4.74 Å². The minimum Gasteiger partial charge on any atom is -0.444 e. The molecule has 0 radical (unpaired) electrons. The van der Waals surface area contributed by atoms with Crippen LogP contribution in [0.5, 0.6) is 0 Å². The number of rotatable bonds is 4. The molecule has 6 rings (SSSR count). The molecule has 3 aliphatic heterocycles. The van der Waals surface area contributed by atoms with Gasteiger partial charge in [0.15, 0.2) is 5.13 Å². The number of piperidine rings is 2. The Morgan fingerprint density at radius 3 is 2.51 bits per heavy atom. The summed E-state index contributed by atoms with van der Waals surface area (Å²) in [6.07, 6.45) is 2.95. The van der Waals surface area contributed by atoms with Gasteiger partial charge in [-0.25, -0.2) is 14.8 Å². The third-order valence-electron chi connectivity index (χ3n) is 6.11. The van der Waals surface area contributed by atoms with Gasteiger partial charge in [0, 0.05) is 30.7 Å². The normalized spacial score (nSPS) is 19.3. The first-order chi connectivity index (χ1) is 17.5. The van der Waals surface area contributed by atoms with Gasteiger partial charge in [-0.3, -0.25) is 10.1 Å². The molecule has 3 aromatic heterocycles. The minimum atomic E-state index is -0.548. The smallest absolute Gasteiger partial charge is 0.410 e. The third-order valence-corrected chi connectivity index (χ3v) is 9.09. The van der Waals surface area contributed by atoms with Crippen LogP contribution in [-0.4, -0.2) is 57.6 Å². The highest BCUT2D eigenvalue weighted by Crippen LogP contribution is 2.45. The fourth-order valence-electron chi connectivity index (χ4n) is 4.49. The molecule has 3 saturated heterocycles. The summed E-state index contributed by atoms with van der Waals surface area (Å²) in [6.45, 7) is 6.85. The van der Waals surface area contributed by atoms with Crippen LogP contribution in [0.3, 0.4) is 0 Å². The van der Waals surface area contributed by atoms with Crippen molar-refractivity contribution in [2.75, 3.05) is 23.3 Å². The molecule has 1 N–H and O–H groups in total. The second-order valence-corrected chi connectivity index (χ2v) is 13.0. The molecule has 2 unspecified atom stereocenters. The van der Waals surface area contributed by atoms with Gasteiger partial charge in [0.2, 0.25) is 0 Å². The van der Waals surface area contributed by atoms with E-state index in [0.717, 1.165) is 28.4 Å². The number of piperazine rings is 1. The number of thiophene rings is 1. The molecule has 3 aromatic rings. The Bertz CT molecular complexity index is 1360. The lowest BCUT2D eigenvalue weighted by Gasteiger charge is -2.51. The standard InChI is InChI=1S/C24H24Cl3N5O3S2/c1-24(2,3)35-23(34)32-10-14-4-5-15(32)9-31(14)21-18(17-7-13(25)11-36-17)29-22(37-21)30-20(33)12-6-16(26)19(27)28-8-12/h6-8,11,14-15H,4-5,9-10H2,1-3H3,(H,29,30,33). The van der Waals surface area contributed by atoms with E-state index in [1.54, 1.807) is 0 Å². The maximum absolute atomic E-state index is 12.9. The number of fused-ring (bicyclic) bond motifs is 3. The number of anilines is 2. The number of pyridine rings is 1. The van der Waals surface area contributed by atoms with Crippen molar-refractivity contribution in [1.82, 2.24) is 14.9 Å². The summed E-state index contributed by atoms with van der Waals surface area (Å²) >= 11 is 21.0. The summed E-state index contributed by atoms with van der Waals surface area (Å²) in [7, 11) is 0. The SMILES string of the molecule is CC(C)(C)OC(=O)N1CC2CCC1CN2c1sc(NC(=O)c2cnc(Cl)c(Cl)c2)nc1-c1cc(Cl)cs1. The molecular formula is C24H24Cl3N5O3S2. The Hall–Kier alpha value is -2.11. The molecule has 0 spiro atoms. The molecular weight excluding hydrogens is 577 g/mol. The summed E-state index contributed by atoms with van der Waals surface area (Å²) in [5.41, 5.74) is 0.478. The lowest BCUT2D eigenvalue weighted by molar-refractivity contribution is 0.000976. The molecule has 13 heteroatoms. The van der Waals surface area contributed by atoms with Crippen LogP contribution in [0.15, 0.2) is 23.7 Å². The molecule has 2 bridgehead atoms. The van der Waals surface area contributed by atoms with E-state index in [4.69, 9.17) is 44.5 Å². The van der Waals surface area contributed by atoms with Gasteiger partial charge >= 0.3 is 6.09 Å². The van der Waals surface area contributed by atoms with Crippen LogP contribution in [0.4, 0.5) is 14.9 Å². The van der Waals surface area contributed by atoms with Crippen molar-refractivity contribution in [3.05, 3.63) is 44.5 Å². The van der Waals surface area contributed by atoms with Gasteiger partial charge in [-0.15, -0.1) is 11.3 Å². The van der Waals surface area contributed by atoms with Gasteiger partial charge in [0.1, 0.15) is 21.4 Å². The van der Waals surface area contributed by atoms with Crippen molar-refractivity contribution in [3.63, 3.8) is 0 Å². The quantitative estimate of drug-likeness (QED) is 0.322. The van der Waals surface area contributed by atoms with Crippen molar-refractivity contribution in [3.8, 4) is 10.6 Å². The first kappa shape index (κ1) is 26.5. The van der Waals surface area contributed by atoms with E-state index < -0.39 is 11.5 Å². The predicted molar refractivity (Wildman–Crippen MR) is 150 cm³/mol. The summed E-state index contributed by atoms with van der Waals surface area (Å²) < 4.78 is 5.65. The van der Waals surface area contributed by atoms with Crippen molar-refractivity contribution < 1.29 is 14.3 Å². The Morgan fingerprint density at radius 1 is 1.14 bits per heavy atom. The van der Waals surface area contributed by atoms with Crippen molar-refractivity contribution in [2.24, 2.45) is 0 Å². The first-order valence-corrected chi connectivity index (χ1v) is 14.5. The van der Waals surface area contributed by atoms with E-state index in [0.29, 0.717) is 23.2 Å². The molecule has 2 amide bonds. The maximum Gasteiger partial charge on any atom is 0.410 e. The highest BCUT2D eigenvalue weighted by molar-refractivity contribution is 7.21. The van der Waals surface area contributed by atoms with E-state index in [9.17, 15) is 9.59 Å². The molecule has 196 valence electrons. The van der Waals surface area contributed by atoms with Crippen LogP contribution in [0, 0.1) is 0 Å². The minimum absolute atomic E-state index is 0.0297. The molecule has 0 aliphatic carbocycles. The van der Waals surface area contributed by atoms with Crippen LogP contribution in [0.1, 0.15) is 44.0 Å². The van der Waals surface area contributed by atoms with E-state index in [1.165, 1.54) is 34.9 Å². The second-order valence-electron chi connectivity index (χ2n) is 9.92. The number of amides is 2. The monoisotopic (exact) mass is 599 g/mol. The lowest BCUT2D eigenvalue weighted by Crippen LogP contribution is -2.64. The number of carbonyl (C=O) groups is 2. The molecule has 0 saturated carbocycles. The Morgan fingerprint density at radius 2 is 1.89 bits per heavy atom. The number of thiazole rings is 1. The Kier molecular flexibility index (Phi) is 7.32. The number of hydrogen-bond donors (Lipinski definition) is 1. The number of halogens is 3. The van der Waals surface area contributed by atoms with Gasteiger partial charge in [0.25, 0.3) is 5.91 Å². The summed E-state index contributed by atoms with van der Waals surface area (Å²) in [4.78, 5) is 39.5. The molecule has 0 aromatic carbocycles. The lowest BCUT2D eigenvalue weighted by atomic mass is 9.91. The summed E-state index contributed by atoms with van der Waals surface area (Å²) in [6, 6.07) is 3.47. The molecule has 37 heavy (non-hydrogen) atoms. The van der Waals surface area contributed by atoms with Crippen LogP contribution >= 0.6 is 57.5 Å². The zero-order valence-corrected chi connectivity index (χ0v) is 24.2.